The van der Waals surface area contributed by atoms with E-state index in [1.54, 1.807) is 0 Å². The van der Waals surface area contributed by atoms with Crippen molar-refractivity contribution in [2.45, 2.75) is 66.9 Å². The molecule has 1 saturated heterocycles. The van der Waals surface area contributed by atoms with Crippen molar-refractivity contribution >= 4 is 5.97 Å². The average molecular weight is 393 g/mol. The minimum atomic E-state index is -0.366. The van der Waals surface area contributed by atoms with Gasteiger partial charge in [0, 0.05) is 0 Å². The van der Waals surface area contributed by atoms with Gasteiger partial charge in [0.25, 0.3) is 0 Å². The molecule has 0 aromatic carbocycles. The Labute approximate surface area is 134 Å². The molecule has 1 aliphatic carbocycles. The number of carbonyl (C=O) groups is 1. The van der Waals surface area contributed by atoms with Crippen LogP contribution >= 0.6 is 0 Å². The van der Waals surface area contributed by atoms with Crippen molar-refractivity contribution in [3.63, 3.8) is 0 Å². The fourth-order valence-corrected chi connectivity index (χ4v) is 9.00. The zero-order chi connectivity index (χ0) is 15.4. The molecular formula is C17H30IO2-. The second-order valence-electron chi connectivity index (χ2n) is 8.29. The number of alkyl halides is 2. The van der Waals surface area contributed by atoms with Gasteiger partial charge < -0.3 is 0 Å². The van der Waals surface area contributed by atoms with Crippen LogP contribution in [0.1, 0.15) is 61.3 Å². The zero-order valence-electron chi connectivity index (χ0n) is 14.1. The van der Waals surface area contributed by atoms with Gasteiger partial charge >= 0.3 is 135 Å². The fourth-order valence-electron chi connectivity index (χ4n) is 3.66. The van der Waals surface area contributed by atoms with Gasteiger partial charge in [0.15, 0.2) is 0 Å². The Morgan fingerprint density at radius 2 is 1.90 bits per heavy atom. The van der Waals surface area contributed by atoms with Crippen molar-refractivity contribution in [3.05, 3.63) is 0 Å². The number of hydrogen-bond acceptors (Lipinski definition) is 2. The summed E-state index contributed by atoms with van der Waals surface area (Å²) in [6, 6.07) is 0. The van der Waals surface area contributed by atoms with E-state index in [1.165, 1.54) is 8.86 Å². The van der Waals surface area contributed by atoms with Gasteiger partial charge in [-0.25, -0.2) is 0 Å². The van der Waals surface area contributed by atoms with Crippen LogP contribution in [0.25, 0.3) is 0 Å². The SMILES string of the molecule is CCC(C)(C)C(=O)OC1(C)CC2C[I-]CC1(C)C2(C)C. The summed E-state index contributed by atoms with van der Waals surface area (Å²) in [5, 5.41) is 0. The molecule has 0 spiro atoms. The summed E-state index contributed by atoms with van der Waals surface area (Å²) in [4.78, 5) is 12.6. The Bertz CT molecular complexity index is 415. The molecule has 1 aliphatic heterocycles. The van der Waals surface area contributed by atoms with Gasteiger partial charge in [-0.15, -0.1) is 0 Å². The maximum absolute atomic E-state index is 12.6. The van der Waals surface area contributed by atoms with Gasteiger partial charge in [0.1, 0.15) is 0 Å². The summed E-state index contributed by atoms with van der Waals surface area (Å²) in [5.74, 6) is 0.724. The van der Waals surface area contributed by atoms with E-state index in [2.05, 4.69) is 34.6 Å². The molecule has 2 aliphatic rings. The third kappa shape index (κ3) is 2.14. The molecule has 0 amide bonds. The monoisotopic (exact) mass is 393 g/mol. The summed E-state index contributed by atoms with van der Waals surface area (Å²) < 4.78 is 8.86. The molecule has 1 heterocycles. The molecule has 0 radical (unpaired) electrons. The topological polar surface area (TPSA) is 26.3 Å². The predicted octanol–water partition coefficient (Wildman–Crippen LogP) is 0.880. The third-order valence-corrected chi connectivity index (χ3v) is 10.4. The minimum absolute atomic E-state index is 0.00900. The van der Waals surface area contributed by atoms with Crippen molar-refractivity contribution in [2.24, 2.45) is 22.2 Å². The van der Waals surface area contributed by atoms with E-state index in [0.29, 0.717) is 0 Å². The van der Waals surface area contributed by atoms with Crippen molar-refractivity contribution in [1.29, 1.82) is 0 Å². The molecule has 3 atom stereocenters. The fraction of sp³-hybridized carbons (Fsp3) is 0.941. The van der Waals surface area contributed by atoms with Crippen molar-refractivity contribution in [3.8, 4) is 0 Å². The van der Waals surface area contributed by atoms with Crippen LogP contribution in [0.5, 0.6) is 0 Å². The maximum atomic E-state index is 12.6. The van der Waals surface area contributed by atoms with Gasteiger partial charge in [0.2, 0.25) is 0 Å². The normalized spacial score (nSPS) is 40.0. The second kappa shape index (κ2) is 4.85. The van der Waals surface area contributed by atoms with Crippen molar-refractivity contribution in [1.82, 2.24) is 0 Å². The summed E-state index contributed by atoms with van der Waals surface area (Å²) in [6.45, 7) is 15.4. The summed E-state index contributed by atoms with van der Waals surface area (Å²) in [7, 11) is 0. The first kappa shape index (κ1) is 16.6. The van der Waals surface area contributed by atoms with Crippen LogP contribution in [0.15, 0.2) is 0 Å². The molecule has 2 fully saturated rings. The molecule has 3 unspecified atom stereocenters. The Hall–Kier alpha value is 0.200. The quantitative estimate of drug-likeness (QED) is 0.404. The van der Waals surface area contributed by atoms with Gasteiger partial charge in [-0.2, -0.15) is 0 Å². The zero-order valence-corrected chi connectivity index (χ0v) is 16.3. The van der Waals surface area contributed by atoms with E-state index in [4.69, 9.17) is 4.74 Å². The van der Waals surface area contributed by atoms with Crippen molar-refractivity contribution in [2.75, 3.05) is 8.86 Å². The standard InChI is InChI=1S/C17H30IO2/c1-8-14(2,3)13(19)20-17(7)9-12-10-18-11-16(17,6)15(12,4)5/h12H,8-11H2,1-7H3/q-1. The van der Waals surface area contributed by atoms with Crippen LogP contribution < -0.4 is 21.2 Å². The second-order valence-corrected chi connectivity index (χ2v) is 11.0. The molecule has 1 saturated carbocycles. The number of carbonyl (C=O) groups excluding carboxylic acids is 1. The molecule has 118 valence electrons. The van der Waals surface area contributed by atoms with Crippen LogP contribution in [0.4, 0.5) is 0 Å². The first-order valence-electron chi connectivity index (χ1n) is 7.77. The molecule has 0 N–H and O–H groups in total. The van der Waals surface area contributed by atoms with Gasteiger partial charge in [-0.1, -0.05) is 0 Å². The molecule has 2 rings (SSSR count). The first-order valence-corrected chi connectivity index (χ1v) is 10.8. The van der Waals surface area contributed by atoms with Crippen LogP contribution in [0, 0.1) is 22.2 Å². The number of fused-ring (bicyclic) bond motifs is 2. The molecule has 0 aromatic rings. The molecule has 20 heavy (non-hydrogen) atoms. The summed E-state index contributed by atoms with van der Waals surface area (Å²) in [6.07, 6.45) is 1.89. The van der Waals surface area contributed by atoms with Crippen molar-refractivity contribution < 1.29 is 30.7 Å². The number of esters is 1. The summed E-state index contributed by atoms with van der Waals surface area (Å²) in [5.41, 5.74) is -0.206. The molecule has 2 nitrogen and oxygen atoms in total. The average Bonchev–Trinajstić information content (AvgIpc) is 2.45. The third-order valence-electron chi connectivity index (χ3n) is 6.66. The van der Waals surface area contributed by atoms with E-state index in [0.717, 1.165) is 18.8 Å². The van der Waals surface area contributed by atoms with Crippen LogP contribution in [-0.2, 0) is 9.53 Å². The Balaban J connectivity index is 2.30. The van der Waals surface area contributed by atoms with Gasteiger partial charge in [-0.05, 0) is 0 Å². The van der Waals surface area contributed by atoms with E-state index < -0.39 is 0 Å². The number of halogens is 1. The van der Waals surface area contributed by atoms with Crippen LogP contribution in [0.3, 0.4) is 0 Å². The van der Waals surface area contributed by atoms with Gasteiger partial charge in [-0.3, -0.25) is 0 Å². The Morgan fingerprint density at radius 3 is 2.40 bits per heavy atom. The van der Waals surface area contributed by atoms with E-state index in [1.807, 2.05) is 13.8 Å². The number of hydrogen-bond donors (Lipinski definition) is 0. The van der Waals surface area contributed by atoms with Crippen LogP contribution in [0.2, 0.25) is 0 Å². The first-order chi connectivity index (χ1) is 9.00. The Morgan fingerprint density at radius 1 is 1.30 bits per heavy atom. The number of rotatable bonds is 3. The molecule has 0 aromatic heterocycles. The van der Waals surface area contributed by atoms with Gasteiger partial charge in [0.05, 0.1) is 0 Å². The number of ether oxygens (including phenoxy) is 1. The summed E-state index contributed by atoms with van der Waals surface area (Å²) >= 11 is 0.278. The predicted molar refractivity (Wildman–Crippen MR) is 78.3 cm³/mol. The molecule has 3 heteroatoms. The van der Waals surface area contributed by atoms with Crippen LogP contribution in [-0.4, -0.2) is 20.4 Å². The van der Waals surface area contributed by atoms with E-state index >= 15 is 0 Å². The Kier molecular flexibility index (Phi) is 4.02. The molecule has 2 bridgehead atoms. The van der Waals surface area contributed by atoms with E-state index in [9.17, 15) is 4.79 Å². The molecular weight excluding hydrogens is 363 g/mol. The van der Waals surface area contributed by atoms with E-state index in [-0.39, 0.29) is 49.0 Å².